The van der Waals surface area contributed by atoms with E-state index in [2.05, 4.69) is 4.98 Å². The van der Waals surface area contributed by atoms with Crippen molar-refractivity contribution in [2.45, 2.75) is 6.54 Å². The third-order valence-electron chi connectivity index (χ3n) is 5.00. The van der Waals surface area contributed by atoms with E-state index in [1.165, 1.54) is 12.1 Å². The first-order valence-electron chi connectivity index (χ1n) is 8.34. The Morgan fingerprint density at radius 3 is 2.68 bits per heavy atom. The molecule has 2 aromatic rings. The Morgan fingerprint density at radius 1 is 1.16 bits per heavy atom. The van der Waals surface area contributed by atoms with Crippen molar-refractivity contribution in [3.8, 4) is 0 Å². The van der Waals surface area contributed by atoms with Gasteiger partial charge < -0.3 is 9.80 Å². The number of fused-ring (bicyclic) bond motifs is 1. The van der Waals surface area contributed by atoms with Gasteiger partial charge in [0.05, 0.1) is 5.92 Å². The minimum absolute atomic E-state index is 0.0544. The second-order valence-electron chi connectivity index (χ2n) is 6.66. The van der Waals surface area contributed by atoms with Crippen LogP contribution in [0.15, 0.2) is 48.8 Å². The average molecular weight is 339 g/mol. The molecule has 1 aromatic heterocycles. The van der Waals surface area contributed by atoms with Crippen LogP contribution in [0.25, 0.3) is 0 Å². The maximum Gasteiger partial charge on any atom is 0.253 e. The van der Waals surface area contributed by atoms with E-state index in [9.17, 15) is 14.0 Å². The Morgan fingerprint density at radius 2 is 1.96 bits per heavy atom. The third-order valence-corrected chi connectivity index (χ3v) is 5.00. The first-order chi connectivity index (χ1) is 12.1. The normalized spacial score (nSPS) is 22.4. The highest BCUT2D eigenvalue weighted by atomic mass is 19.1. The number of hydrogen-bond acceptors (Lipinski definition) is 3. The van der Waals surface area contributed by atoms with E-state index in [4.69, 9.17) is 0 Å². The van der Waals surface area contributed by atoms with Gasteiger partial charge in [-0.2, -0.15) is 0 Å². The molecule has 4 rings (SSSR count). The number of likely N-dealkylation sites (tertiary alicyclic amines) is 2. The lowest BCUT2D eigenvalue weighted by molar-refractivity contribution is -0.131. The molecular formula is C19H18FN3O2. The molecule has 0 saturated carbocycles. The predicted octanol–water partition coefficient (Wildman–Crippen LogP) is 1.95. The molecule has 2 amide bonds. The summed E-state index contributed by atoms with van der Waals surface area (Å²) < 4.78 is 13.3. The number of nitrogens with zero attached hydrogens (tertiary/aromatic N) is 3. The molecule has 2 aliphatic heterocycles. The number of benzene rings is 1. The lowest BCUT2D eigenvalue weighted by Crippen LogP contribution is -2.35. The number of rotatable bonds is 3. The van der Waals surface area contributed by atoms with E-state index in [1.54, 1.807) is 40.4 Å². The maximum absolute atomic E-state index is 13.3. The lowest BCUT2D eigenvalue weighted by atomic mass is 10.0. The number of hydrogen-bond donors (Lipinski definition) is 0. The molecular weight excluding hydrogens is 321 g/mol. The summed E-state index contributed by atoms with van der Waals surface area (Å²) >= 11 is 0. The van der Waals surface area contributed by atoms with E-state index in [0.29, 0.717) is 31.7 Å². The fourth-order valence-corrected chi connectivity index (χ4v) is 3.78. The van der Waals surface area contributed by atoms with Gasteiger partial charge in [-0.05, 0) is 29.8 Å². The van der Waals surface area contributed by atoms with Gasteiger partial charge in [-0.15, -0.1) is 0 Å². The lowest BCUT2D eigenvalue weighted by Gasteiger charge is -2.22. The van der Waals surface area contributed by atoms with Crippen LogP contribution >= 0.6 is 0 Å². The molecule has 3 heterocycles. The van der Waals surface area contributed by atoms with Gasteiger partial charge in [-0.3, -0.25) is 14.6 Å². The third kappa shape index (κ3) is 2.99. The van der Waals surface area contributed by atoms with Crippen molar-refractivity contribution in [2.75, 3.05) is 19.6 Å². The summed E-state index contributed by atoms with van der Waals surface area (Å²) in [5, 5.41) is 0. The number of carbonyl (C=O) groups is 2. The van der Waals surface area contributed by atoms with Crippen LogP contribution in [0.5, 0.6) is 0 Å². The van der Waals surface area contributed by atoms with Crippen molar-refractivity contribution >= 4 is 11.8 Å². The fourth-order valence-electron chi connectivity index (χ4n) is 3.78. The van der Waals surface area contributed by atoms with E-state index in [0.717, 1.165) is 5.56 Å². The van der Waals surface area contributed by atoms with Crippen molar-refractivity contribution in [3.63, 3.8) is 0 Å². The minimum atomic E-state index is -0.293. The second-order valence-corrected chi connectivity index (χ2v) is 6.66. The molecule has 0 bridgehead atoms. The Bertz CT molecular complexity index is 811. The first kappa shape index (κ1) is 15.7. The molecule has 0 unspecified atom stereocenters. The summed E-state index contributed by atoms with van der Waals surface area (Å²) in [5.41, 5.74) is 1.39. The number of amides is 2. The van der Waals surface area contributed by atoms with Crippen LogP contribution in [0.2, 0.25) is 0 Å². The van der Waals surface area contributed by atoms with Crippen molar-refractivity contribution < 1.29 is 14.0 Å². The fraction of sp³-hybridized carbons (Fsp3) is 0.316. The summed E-state index contributed by atoms with van der Waals surface area (Å²) in [6.07, 6.45) is 3.19. The molecule has 0 N–H and O–H groups in total. The van der Waals surface area contributed by atoms with Crippen LogP contribution < -0.4 is 0 Å². The van der Waals surface area contributed by atoms with Gasteiger partial charge in [0.25, 0.3) is 5.91 Å². The Kier molecular flexibility index (Phi) is 3.95. The van der Waals surface area contributed by atoms with Gasteiger partial charge in [-0.1, -0.05) is 12.1 Å². The molecule has 2 atom stereocenters. The summed E-state index contributed by atoms with van der Waals surface area (Å²) in [5.74, 6) is -0.301. The van der Waals surface area contributed by atoms with Crippen LogP contribution in [0.4, 0.5) is 4.39 Å². The molecule has 2 fully saturated rings. The molecule has 2 aliphatic rings. The highest BCUT2D eigenvalue weighted by Crippen LogP contribution is 2.33. The van der Waals surface area contributed by atoms with Gasteiger partial charge >= 0.3 is 0 Å². The Hall–Kier alpha value is -2.76. The van der Waals surface area contributed by atoms with Crippen molar-refractivity contribution in [1.82, 2.24) is 14.8 Å². The second kappa shape index (κ2) is 6.27. The molecule has 6 heteroatoms. The van der Waals surface area contributed by atoms with E-state index < -0.39 is 0 Å². The number of carbonyl (C=O) groups excluding carboxylic acids is 2. The zero-order valence-electron chi connectivity index (χ0n) is 13.6. The van der Waals surface area contributed by atoms with Crippen molar-refractivity contribution in [2.24, 2.45) is 11.8 Å². The Labute approximate surface area is 145 Å². The topological polar surface area (TPSA) is 53.5 Å². The van der Waals surface area contributed by atoms with Gasteiger partial charge in [0, 0.05) is 50.1 Å². The van der Waals surface area contributed by atoms with Crippen LogP contribution in [0.3, 0.4) is 0 Å². The molecule has 128 valence electrons. The predicted molar refractivity (Wildman–Crippen MR) is 88.9 cm³/mol. The SMILES string of the molecule is O=C(c1ccncc1)N1C[C@@H]2CN(Cc3cccc(F)c3)C(=O)[C@@H]2C1. The van der Waals surface area contributed by atoms with Crippen molar-refractivity contribution in [3.05, 3.63) is 65.7 Å². The summed E-state index contributed by atoms with van der Waals surface area (Å²) in [7, 11) is 0. The number of pyridine rings is 1. The summed E-state index contributed by atoms with van der Waals surface area (Å²) in [6, 6.07) is 9.71. The van der Waals surface area contributed by atoms with Gasteiger partial charge in [0.2, 0.25) is 5.91 Å². The smallest absolute Gasteiger partial charge is 0.253 e. The van der Waals surface area contributed by atoms with E-state index >= 15 is 0 Å². The van der Waals surface area contributed by atoms with Crippen LogP contribution in [0.1, 0.15) is 15.9 Å². The Balaban J connectivity index is 1.42. The minimum Gasteiger partial charge on any atom is -0.338 e. The number of halogens is 1. The van der Waals surface area contributed by atoms with Gasteiger partial charge in [-0.25, -0.2) is 4.39 Å². The molecule has 25 heavy (non-hydrogen) atoms. The highest BCUT2D eigenvalue weighted by Gasteiger charge is 2.47. The van der Waals surface area contributed by atoms with Crippen molar-refractivity contribution in [1.29, 1.82) is 0 Å². The van der Waals surface area contributed by atoms with E-state index in [1.807, 2.05) is 6.07 Å². The molecule has 2 saturated heterocycles. The highest BCUT2D eigenvalue weighted by molar-refractivity contribution is 5.95. The number of aromatic nitrogens is 1. The molecule has 5 nitrogen and oxygen atoms in total. The maximum atomic E-state index is 13.3. The quantitative estimate of drug-likeness (QED) is 0.859. The van der Waals surface area contributed by atoms with Crippen LogP contribution in [0, 0.1) is 17.7 Å². The molecule has 0 aliphatic carbocycles. The molecule has 0 spiro atoms. The van der Waals surface area contributed by atoms with Crippen LogP contribution in [-0.4, -0.2) is 46.2 Å². The molecule has 0 radical (unpaired) electrons. The monoisotopic (exact) mass is 339 g/mol. The molecule has 1 aromatic carbocycles. The standard InChI is InChI=1S/C19H18FN3O2/c20-16-3-1-2-13(8-16)9-22-10-15-11-23(12-17(15)19(22)25)18(24)14-4-6-21-7-5-14/h1-8,15,17H,9-12H2/t15-,17+/m0/s1. The summed E-state index contributed by atoms with van der Waals surface area (Å²) in [4.78, 5) is 32.6. The zero-order chi connectivity index (χ0) is 17.4. The zero-order valence-corrected chi connectivity index (χ0v) is 13.6. The summed E-state index contributed by atoms with van der Waals surface area (Å²) in [6.45, 7) is 2.06. The van der Waals surface area contributed by atoms with E-state index in [-0.39, 0.29) is 29.5 Å². The van der Waals surface area contributed by atoms with Crippen LogP contribution in [-0.2, 0) is 11.3 Å². The average Bonchev–Trinajstić information content (AvgIpc) is 3.15. The largest absolute Gasteiger partial charge is 0.338 e. The van der Waals surface area contributed by atoms with Gasteiger partial charge in [0.15, 0.2) is 0 Å². The first-order valence-corrected chi connectivity index (χ1v) is 8.34. The van der Waals surface area contributed by atoms with Gasteiger partial charge in [0.1, 0.15) is 5.82 Å².